The Hall–Kier alpha value is -4.31. The minimum atomic E-state index is -1.04. The molecule has 31 heavy (non-hydrogen) atoms. The van der Waals surface area contributed by atoms with Crippen molar-refractivity contribution in [1.29, 1.82) is 5.26 Å². The van der Waals surface area contributed by atoms with E-state index in [4.69, 9.17) is 14.3 Å². The van der Waals surface area contributed by atoms with Gasteiger partial charge in [0.15, 0.2) is 0 Å². The van der Waals surface area contributed by atoms with Crippen molar-refractivity contribution in [3.8, 4) is 23.1 Å². The molecule has 0 aliphatic heterocycles. The molecule has 2 N–H and O–H groups in total. The second-order valence-electron chi connectivity index (χ2n) is 6.91. The maximum absolute atomic E-state index is 12.5. The van der Waals surface area contributed by atoms with Crippen molar-refractivity contribution in [3.63, 3.8) is 0 Å². The average molecular weight is 416 g/mol. The number of anilines is 1. The van der Waals surface area contributed by atoms with Gasteiger partial charge in [0.2, 0.25) is 0 Å². The summed E-state index contributed by atoms with van der Waals surface area (Å²) < 4.78 is 11.3. The first-order valence-electron chi connectivity index (χ1n) is 9.49. The zero-order valence-corrected chi connectivity index (χ0v) is 17.0. The number of ether oxygens (including phenoxy) is 1. The van der Waals surface area contributed by atoms with Crippen LogP contribution in [0.5, 0.6) is 5.75 Å². The van der Waals surface area contributed by atoms with Crippen LogP contribution in [0.3, 0.4) is 0 Å². The Labute approximate surface area is 179 Å². The summed E-state index contributed by atoms with van der Waals surface area (Å²) in [5.41, 5.74) is 1.06. The van der Waals surface area contributed by atoms with Crippen LogP contribution in [0.4, 0.5) is 5.69 Å². The van der Waals surface area contributed by atoms with Gasteiger partial charge in [-0.3, -0.25) is 4.79 Å². The zero-order valence-electron chi connectivity index (χ0n) is 17.0. The van der Waals surface area contributed by atoms with Crippen LogP contribution in [0.2, 0.25) is 0 Å². The van der Waals surface area contributed by atoms with Crippen molar-refractivity contribution in [2.24, 2.45) is 0 Å². The number of nitrogens with one attached hydrogen (secondary N) is 1. The van der Waals surface area contributed by atoms with E-state index in [1.54, 1.807) is 48.5 Å². The fraction of sp³-hybridized carbons (Fsp3) is 0.125. The second kappa shape index (κ2) is 9.46. The van der Waals surface area contributed by atoms with Gasteiger partial charge >= 0.3 is 5.97 Å². The van der Waals surface area contributed by atoms with E-state index in [-0.39, 0.29) is 17.2 Å². The molecule has 0 aliphatic rings. The number of benzene rings is 2. The third-order valence-corrected chi connectivity index (χ3v) is 4.14. The number of hydrogen-bond donors (Lipinski definition) is 2. The molecule has 0 spiro atoms. The van der Waals surface area contributed by atoms with E-state index in [9.17, 15) is 14.9 Å². The lowest BCUT2D eigenvalue weighted by atomic mass is 10.1. The Morgan fingerprint density at radius 1 is 1.13 bits per heavy atom. The number of carbonyl (C=O) groups excluding carboxylic acids is 1. The van der Waals surface area contributed by atoms with Crippen LogP contribution in [0, 0.1) is 11.3 Å². The van der Waals surface area contributed by atoms with Crippen molar-refractivity contribution >= 4 is 23.6 Å². The molecule has 3 rings (SSSR count). The standard InChI is InChI=1S/C24H20N2O5/c1-15(2)30-20-8-4-7-19(13-20)26-23(27)18(14-25)12-21-9-10-22(31-21)16-5-3-6-17(11-16)24(28)29/h3-13,15H,1-2H3,(H,26,27)(H,28,29)/b18-12+. The van der Waals surface area contributed by atoms with Gasteiger partial charge in [0.1, 0.15) is 28.9 Å². The van der Waals surface area contributed by atoms with Crippen LogP contribution in [-0.4, -0.2) is 23.1 Å². The molecule has 0 bridgehead atoms. The Morgan fingerprint density at radius 2 is 1.90 bits per heavy atom. The largest absolute Gasteiger partial charge is 0.491 e. The van der Waals surface area contributed by atoms with Crippen LogP contribution in [-0.2, 0) is 4.79 Å². The number of rotatable bonds is 7. The molecule has 1 aromatic heterocycles. The number of carboxylic acid groups (broad SMARTS) is 1. The smallest absolute Gasteiger partial charge is 0.335 e. The summed E-state index contributed by atoms with van der Waals surface area (Å²) in [5, 5.41) is 21.2. The fourth-order valence-electron chi connectivity index (χ4n) is 2.80. The molecule has 7 nitrogen and oxygen atoms in total. The third kappa shape index (κ3) is 5.61. The average Bonchev–Trinajstić information content (AvgIpc) is 3.20. The minimum absolute atomic E-state index is 0.00939. The predicted molar refractivity (Wildman–Crippen MR) is 116 cm³/mol. The summed E-state index contributed by atoms with van der Waals surface area (Å²) in [5.74, 6) is -0.311. The highest BCUT2D eigenvalue weighted by Crippen LogP contribution is 2.25. The molecule has 0 unspecified atom stereocenters. The van der Waals surface area contributed by atoms with E-state index in [0.29, 0.717) is 28.5 Å². The van der Waals surface area contributed by atoms with Gasteiger partial charge in [-0.1, -0.05) is 18.2 Å². The van der Waals surface area contributed by atoms with Gasteiger partial charge in [0.05, 0.1) is 11.7 Å². The first kappa shape index (κ1) is 21.4. The molecule has 7 heteroatoms. The molecule has 156 valence electrons. The number of furan rings is 1. The normalized spacial score (nSPS) is 11.1. The van der Waals surface area contributed by atoms with Gasteiger partial charge in [-0.15, -0.1) is 0 Å². The van der Waals surface area contributed by atoms with Crippen LogP contribution in [0.25, 0.3) is 17.4 Å². The van der Waals surface area contributed by atoms with Crippen molar-refractivity contribution in [2.75, 3.05) is 5.32 Å². The van der Waals surface area contributed by atoms with E-state index >= 15 is 0 Å². The van der Waals surface area contributed by atoms with Crippen molar-refractivity contribution in [2.45, 2.75) is 20.0 Å². The molecule has 0 aliphatic carbocycles. The predicted octanol–water partition coefficient (Wildman–Crippen LogP) is 4.98. The zero-order chi connectivity index (χ0) is 22.4. The number of aromatic carboxylic acids is 1. The highest BCUT2D eigenvalue weighted by atomic mass is 16.5. The maximum atomic E-state index is 12.5. The van der Waals surface area contributed by atoms with E-state index in [1.807, 2.05) is 19.9 Å². The lowest BCUT2D eigenvalue weighted by Gasteiger charge is -2.11. The van der Waals surface area contributed by atoms with Crippen molar-refractivity contribution < 1.29 is 23.8 Å². The molecule has 1 amide bonds. The monoisotopic (exact) mass is 416 g/mol. The van der Waals surface area contributed by atoms with E-state index in [0.717, 1.165) is 0 Å². The van der Waals surface area contributed by atoms with Crippen molar-refractivity contribution in [3.05, 3.63) is 77.6 Å². The lowest BCUT2D eigenvalue weighted by Crippen LogP contribution is -2.13. The maximum Gasteiger partial charge on any atom is 0.335 e. The van der Waals surface area contributed by atoms with Gasteiger partial charge in [0.25, 0.3) is 5.91 Å². The minimum Gasteiger partial charge on any atom is -0.491 e. The molecule has 0 saturated carbocycles. The fourth-order valence-corrected chi connectivity index (χ4v) is 2.80. The first-order valence-corrected chi connectivity index (χ1v) is 9.49. The first-order chi connectivity index (χ1) is 14.9. The number of carbonyl (C=O) groups is 2. The van der Waals surface area contributed by atoms with E-state index in [1.165, 1.54) is 18.2 Å². The number of nitriles is 1. The van der Waals surface area contributed by atoms with Crippen molar-refractivity contribution in [1.82, 2.24) is 0 Å². The van der Waals surface area contributed by atoms with Gasteiger partial charge in [-0.2, -0.15) is 5.26 Å². The Kier molecular flexibility index (Phi) is 6.53. The summed E-state index contributed by atoms with van der Waals surface area (Å²) >= 11 is 0. The van der Waals surface area contributed by atoms with Crippen LogP contribution >= 0.6 is 0 Å². The number of carboxylic acids is 1. The summed E-state index contributed by atoms with van der Waals surface area (Å²) in [6.07, 6.45) is 1.32. The summed E-state index contributed by atoms with van der Waals surface area (Å²) in [6.45, 7) is 3.80. The molecule has 0 radical (unpaired) electrons. The van der Waals surface area contributed by atoms with Crippen LogP contribution in [0.1, 0.15) is 30.0 Å². The molecule has 0 saturated heterocycles. The number of amides is 1. The molecule has 3 aromatic rings. The SMILES string of the molecule is CC(C)Oc1cccc(NC(=O)/C(C#N)=C/c2ccc(-c3cccc(C(=O)O)c3)o2)c1. The van der Waals surface area contributed by atoms with Gasteiger partial charge in [0, 0.05) is 23.4 Å². The second-order valence-corrected chi connectivity index (χ2v) is 6.91. The van der Waals surface area contributed by atoms with Crippen LogP contribution in [0.15, 0.2) is 70.7 Å². The topological polar surface area (TPSA) is 113 Å². The Morgan fingerprint density at radius 3 is 2.61 bits per heavy atom. The molecular weight excluding hydrogens is 396 g/mol. The van der Waals surface area contributed by atoms with Gasteiger partial charge in [-0.25, -0.2) is 4.79 Å². The Bertz CT molecular complexity index is 1180. The van der Waals surface area contributed by atoms with Crippen LogP contribution < -0.4 is 10.1 Å². The number of nitrogens with zero attached hydrogens (tertiary/aromatic N) is 1. The van der Waals surface area contributed by atoms with E-state index in [2.05, 4.69) is 5.32 Å². The quantitative estimate of drug-likeness (QED) is 0.415. The highest BCUT2D eigenvalue weighted by molar-refractivity contribution is 6.09. The molecular formula is C24H20N2O5. The summed E-state index contributed by atoms with van der Waals surface area (Å²) in [7, 11) is 0. The molecule has 2 aromatic carbocycles. The Balaban J connectivity index is 1.78. The lowest BCUT2D eigenvalue weighted by molar-refractivity contribution is -0.112. The number of hydrogen-bond acceptors (Lipinski definition) is 5. The molecule has 0 fully saturated rings. The summed E-state index contributed by atoms with van der Waals surface area (Å²) in [6, 6.07) is 18.3. The molecule has 0 atom stereocenters. The van der Waals surface area contributed by atoms with E-state index < -0.39 is 11.9 Å². The van der Waals surface area contributed by atoms with Gasteiger partial charge in [-0.05, 0) is 50.2 Å². The molecule has 1 heterocycles. The third-order valence-electron chi connectivity index (χ3n) is 4.14. The highest BCUT2D eigenvalue weighted by Gasteiger charge is 2.13. The summed E-state index contributed by atoms with van der Waals surface area (Å²) in [4.78, 5) is 23.7. The van der Waals surface area contributed by atoms with Gasteiger partial charge < -0.3 is 19.6 Å².